The Morgan fingerprint density at radius 2 is 1.62 bits per heavy atom. The quantitative estimate of drug-likeness (QED) is 0.778. The Hall–Kier alpha value is -2.66. The van der Waals surface area contributed by atoms with E-state index in [1.165, 1.54) is 7.11 Å². The van der Waals surface area contributed by atoms with Gasteiger partial charge in [-0.1, -0.05) is 60.7 Å². The molecule has 0 spiro atoms. The summed E-state index contributed by atoms with van der Waals surface area (Å²) in [6.07, 6.45) is 0.318. The van der Waals surface area contributed by atoms with Gasteiger partial charge < -0.3 is 15.8 Å². The number of nitrogens with two attached hydrogens (primary N) is 1. The predicted octanol–water partition coefficient (Wildman–Crippen LogP) is 1.98. The third-order valence-corrected chi connectivity index (χ3v) is 3.80. The Bertz CT molecular complexity index is 659. The maximum absolute atomic E-state index is 12.5. The second-order valence-corrected chi connectivity index (χ2v) is 5.51. The van der Waals surface area contributed by atoms with E-state index in [-0.39, 0.29) is 5.91 Å². The molecule has 0 heterocycles. The molecule has 0 saturated carbocycles. The lowest BCUT2D eigenvalue weighted by Gasteiger charge is -2.20. The first-order chi connectivity index (χ1) is 11.6. The molecule has 0 radical (unpaired) electrons. The third kappa shape index (κ3) is 4.93. The van der Waals surface area contributed by atoms with Crippen molar-refractivity contribution in [1.29, 1.82) is 0 Å². The van der Waals surface area contributed by atoms with Crippen LogP contribution in [-0.2, 0) is 20.7 Å². The van der Waals surface area contributed by atoms with Crippen molar-refractivity contribution >= 4 is 11.8 Å². The second-order valence-electron chi connectivity index (χ2n) is 5.51. The monoisotopic (exact) mass is 326 g/mol. The van der Waals surface area contributed by atoms with Gasteiger partial charge in [0.1, 0.15) is 6.04 Å². The van der Waals surface area contributed by atoms with E-state index in [0.29, 0.717) is 12.8 Å². The molecule has 0 aromatic heterocycles. The summed E-state index contributed by atoms with van der Waals surface area (Å²) in [5, 5.41) is 2.70. The van der Waals surface area contributed by atoms with Gasteiger partial charge in [0.05, 0.1) is 0 Å². The number of methoxy groups -OCH3 is 1. The number of aryl methyl sites for hydroxylation is 1. The molecule has 0 aliphatic rings. The number of nitrogens with one attached hydrogen (secondary N) is 1. The molecule has 3 N–H and O–H groups in total. The van der Waals surface area contributed by atoms with E-state index >= 15 is 0 Å². The molecule has 0 saturated heterocycles. The maximum atomic E-state index is 12.5. The minimum atomic E-state index is -0.773. The lowest BCUT2D eigenvalue weighted by atomic mass is 10.0. The van der Waals surface area contributed by atoms with Crippen molar-refractivity contribution in [2.75, 3.05) is 7.11 Å². The van der Waals surface area contributed by atoms with Crippen molar-refractivity contribution in [2.45, 2.75) is 25.0 Å². The lowest BCUT2D eigenvalue weighted by Crippen LogP contribution is -2.46. The second kappa shape index (κ2) is 8.84. The Morgan fingerprint density at radius 3 is 2.17 bits per heavy atom. The summed E-state index contributed by atoms with van der Waals surface area (Å²) in [5.41, 5.74) is 7.25. The molecule has 5 nitrogen and oxygen atoms in total. The Kier molecular flexibility index (Phi) is 6.51. The topological polar surface area (TPSA) is 81.4 Å². The summed E-state index contributed by atoms with van der Waals surface area (Å²) in [6.45, 7) is 0. The number of hydrogen-bond acceptors (Lipinski definition) is 3. The van der Waals surface area contributed by atoms with Crippen molar-refractivity contribution in [1.82, 2.24) is 5.32 Å². The van der Waals surface area contributed by atoms with Crippen LogP contribution in [0.25, 0.3) is 0 Å². The van der Waals surface area contributed by atoms with E-state index in [9.17, 15) is 9.59 Å². The van der Waals surface area contributed by atoms with Crippen molar-refractivity contribution in [3.63, 3.8) is 0 Å². The van der Waals surface area contributed by atoms with Crippen LogP contribution in [0.3, 0.4) is 0 Å². The molecule has 2 aromatic carbocycles. The summed E-state index contributed by atoms with van der Waals surface area (Å²) in [5.74, 6) is -0.928. The van der Waals surface area contributed by atoms with Crippen molar-refractivity contribution in [2.24, 2.45) is 5.73 Å². The van der Waals surface area contributed by atoms with E-state index in [0.717, 1.165) is 11.1 Å². The van der Waals surface area contributed by atoms with E-state index in [1.807, 2.05) is 48.5 Å². The first-order valence-electron chi connectivity index (χ1n) is 7.83. The number of benzene rings is 2. The minimum absolute atomic E-state index is 0.374. The summed E-state index contributed by atoms with van der Waals surface area (Å²) in [4.78, 5) is 24.1. The molecular formula is C19H22N2O3. The van der Waals surface area contributed by atoms with Gasteiger partial charge in [0.15, 0.2) is 6.10 Å². The fraction of sp³-hybridized carbons (Fsp3) is 0.263. The number of amides is 2. The molecular weight excluding hydrogens is 304 g/mol. The SMILES string of the molecule is CO[C@H](C(=O)N[C@H](CCc1ccccc1)C(N)=O)c1ccccc1. The first-order valence-corrected chi connectivity index (χ1v) is 7.83. The number of ether oxygens (including phenoxy) is 1. The van der Waals surface area contributed by atoms with E-state index in [2.05, 4.69) is 5.32 Å². The highest BCUT2D eigenvalue weighted by Crippen LogP contribution is 2.17. The molecule has 5 heteroatoms. The van der Waals surface area contributed by atoms with Crippen LogP contribution in [0.15, 0.2) is 60.7 Å². The van der Waals surface area contributed by atoms with Crippen LogP contribution in [0.4, 0.5) is 0 Å². The standard InChI is InChI=1S/C19H22N2O3/c1-24-17(15-10-6-3-7-11-15)19(23)21-16(18(20)22)13-12-14-8-4-2-5-9-14/h2-11,16-17H,12-13H2,1H3,(H2,20,22)(H,21,23)/t16-,17+/m1/s1. The van der Waals surface area contributed by atoms with Gasteiger partial charge in [-0.15, -0.1) is 0 Å². The van der Waals surface area contributed by atoms with Gasteiger partial charge in [-0.25, -0.2) is 0 Å². The number of primary amides is 1. The van der Waals surface area contributed by atoms with E-state index in [1.54, 1.807) is 12.1 Å². The molecule has 0 unspecified atom stereocenters. The van der Waals surface area contributed by atoms with E-state index in [4.69, 9.17) is 10.5 Å². The van der Waals surface area contributed by atoms with Crippen LogP contribution >= 0.6 is 0 Å². The Balaban J connectivity index is 2.01. The van der Waals surface area contributed by atoms with Crippen LogP contribution in [-0.4, -0.2) is 25.0 Å². The Labute approximate surface area is 141 Å². The van der Waals surface area contributed by atoms with Crippen molar-refractivity contribution in [3.8, 4) is 0 Å². The van der Waals surface area contributed by atoms with Gasteiger partial charge in [-0.3, -0.25) is 9.59 Å². The summed E-state index contributed by atoms with van der Waals surface area (Å²) in [7, 11) is 1.46. The molecule has 2 rings (SSSR count). The van der Waals surface area contributed by atoms with Crippen LogP contribution in [0, 0.1) is 0 Å². The van der Waals surface area contributed by atoms with Crippen LogP contribution in [0.1, 0.15) is 23.7 Å². The number of carbonyl (C=O) groups is 2. The lowest BCUT2D eigenvalue weighted by molar-refractivity contribution is -0.135. The Morgan fingerprint density at radius 1 is 1.04 bits per heavy atom. The highest BCUT2D eigenvalue weighted by atomic mass is 16.5. The fourth-order valence-corrected chi connectivity index (χ4v) is 2.51. The molecule has 24 heavy (non-hydrogen) atoms. The number of carbonyl (C=O) groups excluding carboxylic acids is 2. The third-order valence-electron chi connectivity index (χ3n) is 3.80. The fourth-order valence-electron chi connectivity index (χ4n) is 2.51. The highest BCUT2D eigenvalue weighted by molar-refractivity contribution is 5.89. The summed E-state index contributed by atoms with van der Waals surface area (Å²) in [6, 6.07) is 18.1. The van der Waals surface area contributed by atoms with Gasteiger partial charge in [-0.2, -0.15) is 0 Å². The zero-order valence-electron chi connectivity index (χ0n) is 13.6. The summed E-state index contributed by atoms with van der Waals surface area (Å²) < 4.78 is 5.28. The van der Waals surface area contributed by atoms with Crippen LogP contribution in [0.5, 0.6) is 0 Å². The summed E-state index contributed by atoms with van der Waals surface area (Å²) >= 11 is 0. The highest BCUT2D eigenvalue weighted by Gasteiger charge is 2.25. The van der Waals surface area contributed by atoms with Crippen LogP contribution < -0.4 is 11.1 Å². The molecule has 2 amide bonds. The van der Waals surface area contributed by atoms with Crippen molar-refractivity contribution < 1.29 is 14.3 Å². The molecule has 2 atom stereocenters. The van der Waals surface area contributed by atoms with E-state index < -0.39 is 18.1 Å². The molecule has 0 fully saturated rings. The minimum Gasteiger partial charge on any atom is -0.368 e. The maximum Gasteiger partial charge on any atom is 0.254 e. The molecule has 126 valence electrons. The zero-order chi connectivity index (χ0) is 17.4. The predicted molar refractivity (Wildman–Crippen MR) is 92.1 cm³/mol. The first kappa shape index (κ1) is 17.7. The average Bonchev–Trinajstić information content (AvgIpc) is 2.61. The largest absolute Gasteiger partial charge is 0.368 e. The average molecular weight is 326 g/mol. The number of hydrogen-bond donors (Lipinski definition) is 2. The normalized spacial score (nSPS) is 13.0. The molecule has 0 aliphatic heterocycles. The molecule has 0 bridgehead atoms. The van der Waals surface area contributed by atoms with Crippen molar-refractivity contribution in [3.05, 3.63) is 71.8 Å². The molecule has 2 aromatic rings. The smallest absolute Gasteiger partial charge is 0.254 e. The number of rotatable bonds is 8. The van der Waals surface area contributed by atoms with Gasteiger partial charge in [0.2, 0.25) is 5.91 Å². The molecule has 0 aliphatic carbocycles. The van der Waals surface area contributed by atoms with Crippen LogP contribution in [0.2, 0.25) is 0 Å². The van der Waals surface area contributed by atoms with Gasteiger partial charge in [0.25, 0.3) is 5.91 Å². The zero-order valence-corrected chi connectivity index (χ0v) is 13.6. The van der Waals surface area contributed by atoms with Gasteiger partial charge in [-0.05, 0) is 24.0 Å². The van der Waals surface area contributed by atoms with Gasteiger partial charge >= 0.3 is 0 Å². The van der Waals surface area contributed by atoms with Gasteiger partial charge in [0, 0.05) is 7.11 Å².